The van der Waals surface area contributed by atoms with E-state index in [1.165, 1.54) is 11.1 Å². The number of halogens is 2. The summed E-state index contributed by atoms with van der Waals surface area (Å²) in [5, 5.41) is 3.95. The van der Waals surface area contributed by atoms with Gasteiger partial charge in [-0.1, -0.05) is 32.9 Å². The number of nitrogens with zero attached hydrogens (tertiary/aromatic N) is 1. The first kappa shape index (κ1) is 25.0. The predicted octanol–water partition coefficient (Wildman–Crippen LogP) is 7.51. The zero-order valence-corrected chi connectivity index (χ0v) is 21.0. The van der Waals surface area contributed by atoms with E-state index in [1.54, 1.807) is 0 Å². The fraction of sp³-hybridized carbons (Fsp3) is 0.591. The highest BCUT2D eigenvalue weighted by Crippen LogP contribution is 2.38. The largest absolute Gasteiger partial charge is 0.493 e. The van der Waals surface area contributed by atoms with Crippen LogP contribution in [0.5, 0.6) is 11.5 Å². The lowest BCUT2D eigenvalue weighted by atomic mass is 9.93. The Morgan fingerprint density at radius 2 is 1.54 bits per heavy atom. The van der Waals surface area contributed by atoms with Crippen molar-refractivity contribution in [3.05, 3.63) is 32.7 Å². The SMILES string of the molecule is CC(C)=NOCCCCOc1c(C(C)C)cc(OCC=C(Br)Br)cc1C(C)C. The molecule has 0 amide bonds. The molecule has 0 fully saturated rings. The molecule has 0 heterocycles. The minimum Gasteiger partial charge on any atom is -0.493 e. The topological polar surface area (TPSA) is 40.0 Å². The van der Waals surface area contributed by atoms with Gasteiger partial charge in [-0.3, -0.25) is 0 Å². The highest BCUT2D eigenvalue weighted by Gasteiger charge is 2.18. The lowest BCUT2D eigenvalue weighted by Gasteiger charge is -2.22. The number of unbranched alkanes of at least 4 members (excludes halogenated alkanes) is 1. The molecule has 6 heteroatoms. The highest BCUT2D eigenvalue weighted by atomic mass is 79.9. The van der Waals surface area contributed by atoms with Gasteiger partial charge in [0.2, 0.25) is 0 Å². The summed E-state index contributed by atoms with van der Waals surface area (Å²) in [5.74, 6) is 2.57. The van der Waals surface area contributed by atoms with Crippen molar-refractivity contribution in [2.24, 2.45) is 5.16 Å². The molecule has 0 bridgehead atoms. The van der Waals surface area contributed by atoms with Gasteiger partial charge in [0.05, 0.1) is 15.7 Å². The van der Waals surface area contributed by atoms with Crippen molar-refractivity contribution in [2.45, 2.75) is 66.2 Å². The molecule has 0 spiro atoms. The van der Waals surface area contributed by atoms with E-state index in [2.05, 4.69) is 76.8 Å². The average Bonchev–Trinajstić information content (AvgIpc) is 2.60. The molecular formula is C22H33Br2NO3. The molecule has 1 rings (SSSR count). The van der Waals surface area contributed by atoms with E-state index >= 15 is 0 Å². The van der Waals surface area contributed by atoms with Crippen molar-refractivity contribution in [2.75, 3.05) is 19.8 Å². The molecule has 0 aliphatic carbocycles. The van der Waals surface area contributed by atoms with E-state index in [0.29, 0.717) is 31.7 Å². The standard InChI is InChI=1S/C22H33Br2NO3/c1-15(2)19-13-18(26-12-9-21(23)24)14-20(16(3)4)22(19)27-10-7-8-11-28-25-17(5)6/h9,13-16H,7-8,10-12H2,1-6H3. The van der Waals surface area contributed by atoms with Gasteiger partial charge in [-0.05, 0) is 88.6 Å². The van der Waals surface area contributed by atoms with E-state index in [-0.39, 0.29) is 0 Å². The Labute approximate surface area is 187 Å². The third-order valence-electron chi connectivity index (χ3n) is 3.98. The maximum atomic E-state index is 6.24. The van der Waals surface area contributed by atoms with Gasteiger partial charge in [-0.25, -0.2) is 0 Å². The van der Waals surface area contributed by atoms with Crippen LogP contribution in [0.1, 0.15) is 77.3 Å². The fourth-order valence-electron chi connectivity index (χ4n) is 2.57. The quantitative estimate of drug-likeness (QED) is 0.163. The first-order valence-electron chi connectivity index (χ1n) is 9.80. The van der Waals surface area contributed by atoms with Crippen molar-refractivity contribution in [3.63, 3.8) is 0 Å². The fourth-order valence-corrected chi connectivity index (χ4v) is 2.84. The van der Waals surface area contributed by atoms with Crippen molar-refractivity contribution in [1.82, 2.24) is 0 Å². The third-order valence-corrected chi connectivity index (χ3v) is 4.62. The molecule has 0 aliphatic heterocycles. The molecule has 0 aromatic heterocycles. The van der Waals surface area contributed by atoms with Gasteiger partial charge in [-0.15, -0.1) is 0 Å². The molecule has 0 N–H and O–H groups in total. The Balaban J connectivity index is 2.84. The van der Waals surface area contributed by atoms with Crippen molar-refractivity contribution >= 4 is 37.6 Å². The van der Waals surface area contributed by atoms with E-state index in [0.717, 1.165) is 33.4 Å². The van der Waals surface area contributed by atoms with Crippen LogP contribution in [0.25, 0.3) is 0 Å². The molecule has 0 aliphatic rings. The Morgan fingerprint density at radius 1 is 0.964 bits per heavy atom. The number of hydrogen-bond acceptors (Lipinski definition) is 4. The third kappa shape index (κ3) is 9.46. The summed E-state index contributed by atoms with van der Waals surface area (Å²) in [4.78, 5) is 5.25. The minimum absolute atomic E-state index is 0.347. The summed E-state index contributed by atoms with van der Waals surface area (Å²) >= 11 is 6.71. The van der Waals surface area contributed by atoms with Crippen LogP contribution in [0, 0.1) is 0 Å². The normalized spacial score (nSPS) is 10.8. The molecule has 0 saturated carbocycles. The van der Waals surface area contributed by atoms with Gasteiger partial charge < -0.3 is 14.3 Å². The first-order valence-corrected chi connectivity index (χ1v) is 11.4. The molecule has 28 heavy (non-hydrogen) atoms. The Kier molecular flexibility index (Phi) is 11.8. The molecule has 1 aromatic rings. The molecule has 0 radical (unpaired) electrons. The maximum absolute atomic E-state index is 6.24. The van der Waals surface area contributed by atoms with Gasteiger partial charge in [0.25, 0.3) is 0 Å². The number of ether oxygens (including phenoxy) is 2. The van der Waals surface area contributed by atoms with Gasteiger partial charge >= 0.3 is 0 Å². The Hall–Kier alpha value is -1.01. The second-order valence-corrected chi connectivity index (χ2v) is 10.2. The lowest BCUT2D eigenvalue weighted by molar-refractivity contribution is 0.135. The zero-order valence-electron chi connectivity index (χ0n) is 17.9. The number of rotatable bonds is 12. The summed E-state index contributed by atoms with van der Waals surface area (Å²) in [6.07, 6.45) is 3.77. The second kappa shape index (κ2) is 13.3. The van der Waals surface area contributed by atoms with Gasteiger partial charge in [0.15, 0.2) is 0 Å². The van der Waals surface area contributed by atoms with Crippen LogP contribution in [0.2, 0.25) is 0 Å². The minimum atomic E-state index is 0.347. The molecule has 158 valence electrons. The molecule has 0 unspecified atom stereocenters. The Morgan fingerprint density at radius 3 is 2.04 bits per heavy atom. The van der Waals surface area contributed by atoms with Crippen molar-refractivity contribution < 1.29 is 14.3 Å². The number of benzene rings is 1. The molecular weight excluding hydrogens is 486 g/mol. The second-order valence-electron chi connectivity index (χ2n) is 7.47. The monoisotopic (exact) mass is 517 g/mol. The number of oxime groups is 1. The van der Waals surface area contributed by atoms with Crippen LogP contribution in [0.3, 0.4) is 0 Å². The van der Waals surface area contributed by atoms with Crippen LogP contribution in [-0.4, -0.2) is 25.5 Å². The lowest BCUT2D eigenvalue weighted by Crippen LogP contribution is -2.07. The van der Waals surface area contributed by atoms with E-state index < -0.39 is 0 Å². The average molecular weight is 519 g/mol. The zero-order chi connectivity index (χ0) is 21.1. The summed E-state index contributed by atoms with van der Waals surface area (Å²) in [5.41, 5.74) is 3.30. The smallest absolute Gasteiger partial charge is 0.126 e. The summed E-state index contributed by atoms with van der Waals surface area (Å²) in [6.45, 7) is 14.4. The molecule has 0 atom stereocenters. The van der Waals surface area contributed by atoms with Gasteiger partial charge in [-0.2, -0.15) is 0 Å². The van der Waals surface area contributed by atoms with E-state index in [1.807, 2.05) is 19.9 Å². The maximum Gasteiger partial charge on any atom is 0.126 e. The number of hydrogen-bond donors (Lipinski definition) is 0. The van der Waals surface area contributed by atoms with Crippen molar-refractivity contribution in [3.8, 4) is 11.5 Å². The van der Waals surface area contributed by atoms with Gasteiger partial charge in [0, 0.05) is 11.1 Å². The van der Waals surface area contributed by atoms with Crippen LogP contribution in [0.4, 0.5) is 0 Å². The molecule has 4 nitrogen and oxygen atoms in total. The van der Waals surface area contributed by atoms with Crippen LogP contribution in [-0.2, 0) is 4.84 Å². The summed E-state index contributed by atoms with van der Waals surface area (Å²) in [6, 6.07) is 4.20. The summed E-state index contributed by atoms with van der Waals surface area (Å²) < 4.78 is 13.1. The van der Waals surface area contributed by atoms with Crippen LogP contribution in [0.15, 0.2) is 26.8 Å². The van der Waals surface area contributed by atoms with E-state index in [9.17, 15) is 0 Å². The highest BCUT2D eigenvalue weighted by molar-refractivity contribution is 9.28. The van der Waals surface area contributed by atoms with Crippen LogP contribution < -0.4 is 9.47 Å². The van der Waals surface area contributed by atoms with E-state index in [4.69, 9.17) is 14.3 Å². The van der Waals surface area contributed by atoms with Gasteiger partial charge in [0.1, 0.15) is 24.7 Å². The molecule has 1 aromatic carbocycles. The Bertz CT molecular complexity index is 633. The van der Waals surface area contributed by atoms with Crippen LogP contribution >= 0.6 is 31.9 Å². The predicted molar refractivity (Wildman–Crippen MR) is 126 cm³/mol. The molecule has 0 saturated heterocycles. The summed E-state index contributed by atoms with van der Waals surface area (Å²) in [7, 11) is 0. The van der Waals surface area contributed by atoms with Crippen molar-refractivity contribution in [1.29, 1.82) is 0 Å². The first-order chi connectivity index (χ1) is 13.2.